The Labute approximate surface area is 249 Å². The number of piperazine rings is 1. The van der Waals surface area contributed by atoms with E-state index in [0.29, 0.717) is 45.4 Å². The fourth-order valence-electron chi connectivity index (χ4n) is 5.12. The van der Waals surface area contributed by atoms with Crippen LogP contribution in [0.3, 0.4) is 0 Å². The average molecular weight is 599 g/mol. The van der Waals surface area contributed by atoms with Gasteiger partial charge in [0.25, 0.3) is 0 Å². The van der Waals surface area contributed by atoms with E-state index in [4.69, 9.17) is 32.8 Å². The van der Waals surface area contributed by atoms with Crippen LogP contribution >= 0.6 is 23.2 Å². The zero-order valence-corrected chi connectivity index (χ0v) is 24.6. The summed E-state index contributed by atoms with van der Waals surface area (Å²) < 4.78 is 5.77. The standard InChI is InChI=1S/C29H33Cl2N7O3/c1-4-28(39)35-21-15-22(25(40-3)16-24(21)37-12-10-36(5-2)11-13-37)34-26-17-27(33-18-32-26)38-23(9-14-41-38)19-7-6-8-20(30)29(19)31/h4,6-8,15-18,23H,1,5,9-14H2,2-3H3,(H,35,39)(H,32,33,34). The fourth-order valence-corrected chi connectivity index (χ4v) is 5.55. The molecule has 3 heterocycles. The van der Waals surface area contributed by atoms with E-state index in [1.54, 1.807) is 24.3 Å². The molecular weight excluding hydrogens is 565 g/mol. The zero-order chi connectivity index (χ0) is 28.9. The molecule has 2 aromatic carbocycles. The fraction of sp³-hybridized carbons (Fsp3) is 0.345. The summed E-state index contributed by atoms with van der Waals surface area (Å²) in [6.07, 6.45) is 3.44. The summed E-state index contributed by atoms with van der Waals surface area (Å²) in [6.45, 7) is 10.8. The quantitative estimate of drug-likeness (QED) is 0.302. The van der Waals surface area contributed by atoms with Crippen LogP contribution in [0.1, 0.15) is 24.9 Å². The molecular formula is C29H33Cl2N7O3. The second-order valence-corrected chi connectivity index (χ2v) is 10.5. The Morgan fingerprint density at radius 2 is 1.98 bits per heavy atom. The van der Waals surface area contributed by atoms with E-state index in [1.807, 2.05) is 24.3 Å². The van der Waals surface area contributed by atoms with Gasteiger partial charge >= 0.3 is 0 Å². The number of rotatable bonds is 9. The summed E-state index contributed by atoms with van der Waals surface area (Å²) in [7, 11) is 1.62. The second-order valence-electron chi connectivity index (χ2n) is 9.68. The van der Waals surface area contributed by atoms with Gasteiger partial charge in [-0.15, -0.1) is 0 Å². The van der Waals surface area contributed by atoms with Crippen LogP contribution in [0.5, 0.6) is 5.75 Å². The number of anilines is 5. The van der Waals surface area contributed by atoms with Gasteiger partial charge in [-0.2, -0.15) is 0 Å². The highest BCUT2D eigenvalue weighted by atomic mass is 35.5. The predicted molar refractivity (Wildman–Crippen MR) is 164 cm³/mol. The van der Waals surface area contributed by atoms with Crippen molar-refractivity contribution < 1.29 is 14.4 Å². The molecule has 0 spiro atoms. The number of benzene rings is 2. The third-order valence-corrected chi connectivity index (χ3v) is 8.14. The summed E-state index contributed by atoms with van der Waals surface area (Å²) in [5.74, 6) is 1.39. The third kappa shape index (κ3) is 6.36. The number of likely N-dealkylation sites (N-methyl/N-ethyl adjacent to an activating group) is 1. The number of carbonyl (C=O) groups excluding carboxylic acids is 1. The van der Waals surface area contributed by atoms with Gasteiger partial charge in [0.15, 0.2) is 5.82 Å². The van der Waals surface area contributed by atoms with Crippen LogP contribution < -0.4 is 25.3 Å². The first kappa shape index (κ1) is 28.9. The predicted octanol–water partition coefficient (Wildman–Crippen LogP) is 5.69. The summed E-state index contributed by atoms with van der Waals surface area (Å²) in [5, 5.41) is 9.01. The Morgan fingerprint density at radius 1 is 1.17 bits per heavy atom. The summed E-state index contributed by atoms with van der Waals surface area (Å²) >= 11 is 12.8. The first-order valence-corrected chi connectivity index (χ1v) is 14.2. The van der Waals surface area contributed by atoms with Crippen LogP contribution in [-0.4, -0.2) is 67.2 Å². The SMILES string of the molecule is C=CC(=O)Nc1cc(Nc2cc(N3OCCC3c3cccc(Cl)c3Cl)ncn2)c(OC)cc1N1CCN(CC)CC1. The van der Waals surface area contributed by atoms with Crippen molar-refractivity contribution in [2.24, 2.45) is 0 Å². The van der Waals surface area contributed by atoms with Crippen LogP contribution in [0.4, 0.5) is 28.7 Å². The lowest BCUT2D eigenvalue weighted by atomic mass is 10.0. The number of methoxy groups -OCH3 is 1. The molecule has 0 saturated carbocycles. The minimum atomic E-state index is -0.296. The number of hydrogen-bond acceptors (Lipinski definition) is 9. The van der Waals surface area contributed by atoms with Crippen LogP contribution in [0.15, 0.2) is 55.4 Å². The van der Waals surface area contributed by atoms with Crippen molar-refractivity contribution in [1.29, 1.82) is 0 Å². The van der Waals surface area contributed by atoms with Gasteiger partial charge in [0.2, 0.25) is 5.91 Å². The topological polar surface area (TPSA) is 95.1 Å². The molecule has 12 heteroatoms. The monoisotopic (exact) mass is 597 g/mol. The van der Waals surface area contributed by atoms with E-state index < -0.39 is 0 Å². The Morgan fingerprint density at radius 3 is 2.71 bits per heavy atom. The van der Waals surface area contributed by atoms with Gasteiger partial charge in [0, 0.05) is 44.7 Å². The molecule has 216 valence electrons. The van der Waals surface area contributed by atoms with Gasteiger partial charge in [0.1, 0.15) is 17.9 Å². The first-order valence-electron chi connectivity index (χ1n) is 13.5. The molecule has 2 aliphatic rings. The number of hydroxylamine groups is 1. The highest BCUT2D eigenvalue weighted by Crippen LogP contribution is 2.41. The lowest BCUT2D eigenvalue weighted by molar-refractivity contribution is -0.111. The van der Waals surface area contributed by atoms with Crippen LogP contribution in [-0.2, 0) is 9.63 Å². The molecule has 1 atom stereocenters. The van der Waals surface area contributed by atoms with Crippen molar-refractivity contribution in [2.45, 2.75) is 19.4 Å². The maximum absolute atomic E-state index is 12.4. The number of ether oxygens (including phenoxy) is 1. The van der Waals surface area contributed by atoms with E-state index in [0.717, 1.165) is 50.4 Å². The molecule has 5 rings (SSSR count). The molecule has 2 fully saturated rings. The maximum Gasteiger partial charge on any atom is 0.247 e. The van der Waals surface area contributed by atoms with E-state index in [1.165, 1.54) is 12.4 Å². The lowest BCUT2D eigenvalue weighted by Crippen LogP contribution is -2.46. The van der Waals surface area contributed by atoms with Crippen molar-refractivity contribution in [1.82, 2.24) is 14.9 Å². The third-order valence-electron chi connectivity index (χ3n) is 7.31. The van der Waals surface area contributed by atoms with E-state index in [9.17, 15) is 4.79 Å². The number of amides is 1. The lowest BCUT2D eigenvalue weighted by Gasteiger charge is -2.36. The van der Waals surface area contributed by atoms with Gasteiger partial charge < -0.3 is 25.2 Å². The second kappa shape index (κ2) is 12.9. The van der Waals surface area contributed by atoms with E-state index >= 15 is 0 Å². The minimum absolute atomic E-state index is 0.160. The van der Waals surface area contributed by atoms with Crippen LogP contribution in [0.25, 0.3) is 0 Å². The molecule has 0 radical (unpaired) electrons. The van der Waals surface area contributed by atoms with Gasteiger partial charge in [-0.25, -0.2) is 15.0 Å². The number of nitrogens with one attached hydrogen (secondary N) is 2. The van der Waals surface area contributed by atoms with Gasteiger partial charge in [0.05, 0.1) is 46.9 Å². The molecule has 1 aromatic heterocycles. The van der Waals surface area contributed by atoms with Crippen molar-refractivity contribution in [3.8, 4) is 5.75 Å². The molecule has 10 nitrogen and oxygen atoms in total. The van der Waals surface area contributed by atoms with Crippen molar-refractivity contribution in [3.05, 3.63) is 71.0 Å². The first-order chi connectivity index (χ1) is 19.9. The molecule has 3 aromatic rings. The number of aromatic nitrogens is 2. The molecule has 41 heavy (non-hydrogen) atoms. The molecule has 0 aliphatic carbocycles. The molecule has 2 N–H and O–H groups in total. The molecule has 1 unspecified atom stereocenters. The maximum atomic E-state index is 12.4. The highest BCUT2D eigenvalue weighted by molar-refractivity contribution is 6.42. The normalized spacial score (nSPS) is 17.4. The average Bonchev–Trinajstić information content (AvgIpc) is 3.49. The largest absolute Gasteiger partial charge is 0.494 e. The van der Waals surface area contributed by atoms with Crippen LogP contribution in [0, 0.1) is 0 Å². The minimum Gasteiger partial charge on any atom is -0.494 e. The molecule has 2 aliphatic heterocycles. The van der Waals surface area contributed by atoms with Crippen molar-refractivity contribution in [2.75, 3.05) is 67.0 Å². The Bertz CT molecular complexity index is 1420. The summed E-state index contributed by atoms with van der Waals surface area (Å²) in [5.41, 5.74) is 3.03. The van der Waals surface area contributed by atoms with Gasteiger partial charge in [-0.1, -0.05) is 48.8 Å². The van der Waals surface area contributed by atoms with Gasteiger partial charge in [-0.05, 0) is 30.3 Å². The van der Waals surface area contributed by atoms with Crippen molar-refractivity contribution >= 4 is 57.8 Å². The van der Waals surface area contributed by atoms with E-state index in [2.05, 4.69) is 43.9 Å². The summed E-state index contributed by atoms with van der Waals surface area (Å²) in [6, 6.07) is 11.0. The smallest absolute Gasteiger partial charge is 0.247 e. The number of carbonyl (C=O) groups is 1. The molecule has 0 bridgehead atoms. The van der Waals surface area contributed by atoms with E-state index in [-0.39, 0.29) is 11.9 Å². The summed E-state index contributed by atoms with van der Waals surface area (Å²) in [4.78, 5) is 31.8. The van der Waals surface area contributed by atoms with Gasteiger partial charge in [-0.3, -0.25) is 9.63 Å². The Kier molecular flexibility index (Phi) is 9.14. The Balaban J connectivity index is 1.44. The zero-order valence-electron chi connectivity index (χ0n) is 23.1. The number of nitrogens with zero attached hydrogens (tertiary/aromatic N) is 5. The Hall–Kier alpha value is -3.57. The molecule has 1 amide bonds. The molecule has 2 saturated heterocycles. The van der Waals surface area contributed by atoms with Crippen molar-refractivity contribution in [3.63, 3.8) is 0 Å². The number of hydrogen-bond donors (Lipinski definition) is 2. The van der Waals surface area contributed by atoms with Crippen LogP contribution in [0.2, 0.25) is 10.0 Å². The number of halogens is 2. The highest BCUT2D eigenvalue weighted by Gasteiger charge is 2.31.